The van der Waals surface area contributed by atoms with Gasteiger partial charge in [0, 0.05) is 5.56 Å². The van der Waals surface area contributed by atoms with Crippen LogP contribution in [0.1, 0.15) is 0 Å². The van der Waals surface area contributed by atoms with E-state index in [1.54, 1.807) is 0 Å². The average Bonchev–Trinajstić information content (AvgIpc) is 3.29. The number of benzene rings is 3. The zero-order chi connectivity index (χ0) is 16.2. The van der Waals surface area contributed by atoms with Gasteiger partial charge >= 0.3 is 0 Å². The number of para-hydroxylation sites is 4. The summed E-state index contributed by atoms with van der Waals surface area (Å²) in [4.78, 5) is 11.8. The fourth-order valence-corrected chi connectivity index (χ4v) is 2.49. The lowest BCUT2D eigenvalue weighted by Gasteiger charge is -1.93. The van der Waals surface area contributed by atoms with Crippen molar-refractivity contribution < 1.29 is 4.42 Å². The highest BCUT2D eigenvalue weighted by molar-refractivity contribution is 5.79. The van der Waals surface area contributed by atoms with Crippen molar-refractivity contribution in [3.63, 3.8) is 0 Å². The lowest BCUT2D eigenvalue weighted by atomic mass is 10.2. The summed E-state index contributed by atoms with van der Waals surface area (Å²) >= 11 is 0. The van der Waals surface area contributed by atoms with E-state index >= 15 is 0 Å². The Kier molecular flexibility index (Phi) is 3.78. The quantitative estimate of drug-likeness (QED) is 0.471. The molecule has 2 heterocycles. The Balaban J connectivity index is 0.000000138. The van der Waals surface area contributed by atoms with Crippen LogP contribution in [0.3, 0.4) is 0 Å². The van der Waals surface area contributed by atoms with Crippen LogP contribution in [-0.2, 0) is 0 Å². The SMILES string of the molecule is c1ccc(-c2nc3ccccc3[nH]2)cc1.c1ccc2ocnc2c1. The third kappa shape index (κ3) is 2.90. The number of H-pyrrole nitrogens is 1. The summed E-state index contributed by atoms with van der Waals surface area (Å²) in [6.45, 7) is 0. The maximum Gasteiger partial charge on any atom is 0.181 e. The molecule has 0 radical (unpaired) electrons. The first kappa shape index (κ1) is 14.2. The van der Waals surface area contributed by atoms with Crippen LogP contribution in [0.4, 0.5) is 0 Å². The van der Waals surface area contributed by atoms with Crippen molar-refractivity contribution in [3.05, 3.63) is 85.3 Å². The molecule has 0 aliphatic carbocycles. The van der Waals surface area contributed by atoms with Crippen LogP contribution >= 0.6 is 0 Å². The van der Waals surface area contributed by atoms with Crippen LogP contribution in [0.25, 0.3) is 33.5 Å². The number of hydrogen-bond donors (Lipinski definition) is 1. The van der Waals surface area contributed by atoms with Gasteiger partial charge in [-0.25, -0.2) is 9.97 Å². The van der Waals surface area contributed by atoms with Crippen molar-refractivity contribution in [1.29, 1.82) is 0 Å². The van der Waals surface area contributed by atoms with Crippen molar-refractivity contribution in [3.8, 4) is 11.4 Å². The van der Waals surface area contributed by atoms with Crippen molar-refractivity contribution in [2.45, 2.75) is 0 Å². The van der Waals surface area contributed by atoms with Gasteiger partial charge < -0.3 is 9.40 Å². The molecule has 0 unspecified atom stereocenters. The number of rotatable bonds is 1. The lowest BCUT2D eigenvalue weighted by Crippen LogP contribution is -1.77. The summed E-state index contributed by atoms with van der Waals surface area (Å²) in [6.07, 6.45) is 1.45. The van der Waals surface area contributed by atoms with Crippen LogP contribution in [-0.4, -0.2) is 15.0 Å². The normalized spacial score (nSPS) is 10.5. The van der Waals surface area contributed by atoms with Crippen LogP contribution in [0.2, 0.25) is 0 Å². The van der Waals surface area contributed by atoms with E-state index in [-0.39, 0.29) is 0 Å². The number of aromatic amines is 1. The Morgan fingerprint density at radius 2 is 1.42 bits per heavy atom. The van der Waals surface area contributed by atoms with Crippen LogP contribution in [0.5, 0.6) is 0 Å². The number of fused-ring (bicyclic) bond motifs is 2. The van der Waals surface area contributed by atoms with E-state index in [9.17, 15) is 0 Å². The zero-order valence-corrected chi connectivity index (χ0v) is 12.9. The second-order valence-electron chi connectivity index (χ2n) is 5.29. The highest BCUT2D eigenvalue weighted by Crippen LogP contribution is 2.19. The number of nitrogens with one attached hydrogen (secondary N) is 1. The van der Waals surface area contributed by atoms with Gasteiger partial charge in [-0.2, -0.15) is 0 Å². The molecule has 0 amide bonds. The van der Waals surface area contributed by atoms with E-state index in [4.69, 9.17) is 4.42 Å². The van der Waals surface area contributed by atoms with Gasteiger partial charge in [-0.3, -0.25) is 0 Å². The molecule has 1 N–H and O–H groups in total. The number of hydrogen-bond acceptors (Lipinski definition) is 3. The van der Waals surface area contributed by atoms with Crippen molar-refractivity contribution in [1.82, 2.24) is 15.0 Å². The third-order valence-electron chi connectivity index (χ3n) is 3.67. The van der Waals surface area contributed by atoms with Crippen molar-refractivity contribution in [2.24, 2.45) is 0 Å². The van der Waals surface area contributed by atoms with Crippen LogP contribution < -0.4 is 0 Å². The minimum absolute atomic E-state index is 0.845. The van der Waals surface area contributed by atoms with Gasteiger partial charge in [0.25, 0.3) is 0 Å². The molecule has 0 spiro atoms. The minimum atomic E-state index is 0.845. The predicted molar refractivity (Wildman–Crippen MR) is 95.5 cm³/mol. The van der Waals surface area contributed by atoms with Gasteiger partial charge in [0.2, 0.25) is 0 Å². The van der Waals surface area contributed by atoms with Gasteiger partial charge in [0.1, 0.15) is 11.3 Å². The summed E-state index contributed by atoms with van der Waals surface area (Å²) in [5, 5.41) is 0. The first-order valence-electron chi connectivity index (χ1n) is 7.68. The predicted octanol–water partition coefficient (Wildman–Crippen LogP) is 5.06. The smallest absolute Gasteiger partial charge is 0.181 e. The van der Waals surface area contributed by atoms with Crippen LogP contribution in [0.15, 0.2) is 89.7 Å². The molecule has 5 rings (SSSR count). The van der Waals surface area contributed by atoms with Gasteiger partial charge in [0.05, 0.1) is 11.0 Å². The van der Waals surface area contributed by atoms with Gasteiger partial charge in [-0.1, -0.05) is 54.6 Å². The standard InChI is InChI=1S/C13H10N2.C7H5NO/c1-2-6-10(7-3-1)13-14-11-8-4-5-9-12(11)15-13;1-2-4-7-6(3-1)8-5-9-7/h1-9H,(H,14,15);1-5H. The molecule has 2 aromatic heterocycles. The molecule has 5 aromatic rings. The Hall–Kier alpha value is -3.40. The second kappa shape index (κ2) is 6.38. The molecule has 3 aromatic carbocycles. The number of nitrogens with zero attached hydrogens (tertiary/aromatic N) is 2. The fourth-order valence-electron chi connectivity index (χ4n) is 2.49. The van der Waals surface area contributed by atoms with Gasteiger partial charge in [-0.05, 0) is 24.3 Å². The minimum Gasteiger partial charge on any atom is -0.443 e. The molecule has 0 aliphatic rings. The van der Waals surface area contributed by atoms with Crippen molar-refractivity contribution in [2.75, 3.05) is 0 Å². The first-order chi connectivity index (χ1) is 11.9. The summed E-state index contributed by atoms with van der Waals surface area (Å²) in [5.41, 5.74) is 4.97. The highest BCUT2D eigenvalue weighted by Gasteiger charge is 2.02. The Bertz CT molecular complexity index is 1000. The summed E-state index contributed by atoms with van der Waals surface area (Å²) in [7, 11) is 0. The maximum atomic E-state index is 5.01. The topological polar surface area (TPSA) is 54.7 Å². The molecule has 0 saturated carbocycles. The molecule has 0 aliphatic heterocycles. The monoisotopic (exact) mass is 313 g/mol. The summed E-state index contributed by atoms with van der Waals surface area (Å²) < 4.78 is 5.01. The molecule has 0 atom stereocenters. The Morgan fingerprint density at radius 1 is 0.708 bits per heavy atom. The van der Waals surface area contributed by atoms with E-state index in [1.807, 2.05) is 66.7 Å². The molecule has 0 fully saturated rings. The molecule has 4 heteroatoms. The Morgan fingerprint density at radius 3 is 2.21 bits per heavy atom. The Labute approximate surface area is 138 Å². The molecule has 24 heavy (non-hydrogen) atoms. The average molecular weight is 313 g/mol. The molecular formula is C20H15N3O. The molecule has 4 nitrogen and oxygen atoms in total. The molecule has 0 saturated heterocycles. The van der Waals surface area contributed by atoms with Gasteiger partial charge in [0.15, 0.2) is 12.0 Å². The summed E-state index contributed by atoms with van der Waals surface area (Å²) in [6, 6.07) is 25.9. The lowest BCUT2D eigenvalue weighted by molar-refractivity contribution is 0.602. The molecular weight excluding hydrogens is 298 g/mol. The largest absolute Gasteiger partial charge is 0.443 e. The van der Waals surface area contributed by atoms with E-state index in [0.717, 1.165) is 33.5 Å². The zero-order valence-electron chi connectivity index (χ0n) is 12.9. The first-order valence-corrected chi connectivity index (χ1v) is 7.68. The van der Waals surface area contributed by atoms with E-state index < -0.39 is 0 Å². The summed E-state index contributed by atoms with van der Waals surface area (Å²) in [5.74, 6) is 0.928. The third-order valence-corrected chi connectivity index (χ3v) is 3.67. The number of aromatic nitrogens is 3. The van der Waals surface area contributed by atoms with Crippen molar-refractivity contribution >= 4 is 22.1 Å². The van der Waals surface area contributed by atoms with E-state index in [1.165, 1.54) is 6.39 Å². The number of imidazole rings is 1. The van der Waals surface area contributed by atoms with E-state index in [2.05, 4.69) is 27.1 Å². The van der Waals surface area contributed by atoms with Gasteiger partial charge in [-0.15, -0.1) is 0 Å². The second-order valence-corrected chi connectivity index (χ2v) is 5.29. The molecule has 0 bridgehead atoms. The highest BCUT2D eigenvalue weighted by atomic mass is 16.3. The fraction of sp³-hybridized carbons (Fsp3) is 0. The maximum absolute atomic E-state index is 5.01. The van der Waals surface area contributed by atoms with Crippen LogP contribution in [0, 0.1) is 0 Å². The van der Waals surface area contributed by atoms with E-state index in [0.29, 0.717) is 0 Å². The number of oxazole rings is 1. The molecule has 116 valence electrons.